The first kappa shape index (κ1) is 56.4. The van der Waals surface area contributed by atoms with E-state index < -0.39 is 29.2 Å². The lowest BCUT2D eigenvalue weighted by molar-refractivity contribution is -0.144. The molecule has 4 aromatic heterocycles. The van der Waals surface area contributed by atoms with Crippen molar-refractivity contribution in [1.82, 2.24) is 49.7 Å². The second-order valence-corrected chi connectivity index (χ2v) is 22.9. The maximum atomic E-state index is 14.1. The maximum absolute atomic E-state index is 14.1. The number of carbonyl (C=O) groups excluding carboxylic acids is 3. The van der Waals surface area contributed by atoms with Gasteiger partial charge >= 0.3 is 0 Å². The Morgan fingerprint density at radius 2 is 1.58 bits per heavy atom. The smallest absolute Gasteiger partial charge is 0.278 e. The number of aryl methyl sites for hydroxylation is 1. The Labute approximate surface area is 455 Å². The molecule has 2 aromatic carbocycles. The van der Waals surface area contributed by atoms with E-state index >= 15 is 0 Å². The number of unbranched alkanes of at least 4 members (excludes halogenated alkanes) is 6. The molecule has 18 nitrogen and oxygen atoms in total. The lowest BCUT2D eigenvalue weighted by atomic mass is 9.85. The van der Waals surface area contributed by atoms with Gasteiger partial charge in [0, 0.05) is 69.7 Å². The molecule has 6 heterocycles. The average molecular weight is 1070 g/mol. The lowest BCUT2D eigenvalue weighted by Gasteiger charge is -2.36. The molecule has 2 saturated heterocycles. The van der Waals surface area contributed by atoms with Crippen LogP contribution in [0.1, 0.15) is 109 Å². The van der Waals surface area contributed by atoms with Gasteiger partial charge in [-0.25, -0.2) is 24.3 Å². The van der Waals surface area contributed by atoms with Crippen molar-refractivity contribution in [2.24, 2.45) is 5.41 Å². The number of allylic oxidation sites excluding steroid dienone is 1. The fourth-order valence-electron chi connectivity index (χ4n) is 10.1. The number of hydrogen-bond donors (Lipinski definition) is 5. The quantitative estimate of drug-likeness (QED) is 0.0309. The molecule has 8 rings (SSSR count). The second kappa shape index (κ2) is 25.1. The first-order chi connectivity index (χ1) is 36.9. The molecule has 0 spiro atoms. The number of nitrogens with one attached hydrogen (secondary N) is 3. The van der Waals surface area contributed by atoms with Gasteiger partial charge in [0.1, 0.15) is 23.1 Å². The number of piperazine rings is 1. The summed E-state index contributed by atoms with van der Waals surface area (Å²) in [6, 6.07) is 19.8. The van der Waals surface area contributed by atoms with Gasteiger partial charge in [-0.3, -0.25) is 24.1 Å². The van der Waals surface area contributed by atoms with Gasteiger partial charge in [-0.2, -0.15) is 4.98 Å². The molecule has 0 bridgehead atoms. The minimum absolute atomic E-state index is 0.0378. The van der Waals surface area contributed by atoms with Crippen LogP contribution in [0.3, 0.4) is 0 Å². The van der Waals surface area contributed by atoms with Crippen LogP contribution in [0.4, 0.5) is 17.3 Å². The third-order valence-corrected chi connectivity index (χ3v) is 15.5. The minimum Gasteiger partial charge on any atom is -0.391 e. The number of amides is 3. The van der Waals surface area contributed by atoms with Crippen LogP contribution in [0.2, 0.25) is 0 Å². The van der Waals surface area contributed by atoms with E-state index in [0.29, 0.717) is 34.9 Å². The van der Waals surface area contributed by atoms with Crippen LogP contribution in [-0.4, -0.2) is 124 Å². The summed E-state index contributed by atoms with van der Waals surface area (Å²) >= 11 is 1.59. The summed E-state index contributed by atoms with van der Waals surface area (Å²) < 4.78 is 3.15. The molecule has 6 aromatic rings. The van der Waals surface area contributed by atoms with Gasteiger partial charge in [-0.1, -0.05) is 89.3 Å². The predicted molar refractivity (Wildman–Crippen MR) is 303 cm³/mol. The van der Waals surface area contributed by atoms with Crippen molar-refractivity contribution in [1.29, 1.82) is 0 Å². The Kier molecular flexibility index (Phi) is 18.4. The molecule has 410 valence electrons. The number of fused-ring (bicyclic) bond motifs is 1. The highest BCUT2D eigenvalue weighted by Gasteiger charge is 2.44. The summed E-state index contributed by atoms with van der Waals surface area (Å²) in [4.78, 5) is 80.0. The van der Waals surface area contributed by atoms with Gasteiger partial charge in [-0.05, 0) is 93.1 Å². The number of anilines is 3. The van der Waals surface area contributed by atoms with Crippen molar-refractivity contribution < 1.29 is 24.6 Å². The number of nitrogens with zero attached hydrogens (tertiary/aromatic N) is 9. The number of hydrogen-bond acceptors (Lipinski definition) is 14. The Balaban J connectivity index is 0.713. The lowest BCUT2D eigenvalue weighted by Crippen LogP contribution is -2.57. The fraction of sp³-hybridized carbons (Fsp3) is 0.483. The Morgan fingerprint density at radius 3 is 2.25 bits per heavy atom. The molecule has 0 radical (unpaired) electrons. The molecule has 2 unspecified atom stereocenters. The highest BCUT2D eigenvalue weighted by molar-refractivity contribution is 7.13. The first-order valence-electron chi connectivity index (χ1n) is 27.1. The molecular formula is C58H76N12O6S. The molecule has 3 amide bonds. The van der Waals surface area contributed by atoms with Crippen molar-refractivity contribution in [3.63, 3.8) is 0 Å². The van der Waals surface area contributed by atoms with Crippen molar-refractivity contribution in [2.45, 2.75) is 136 Å². The summed E-state index contributed by atoms with van der Waals surface area (Å²) in [6.07, 6.45) is 10.1. The maximum Gasteiger partial charge on any atom is 0.278 e. The number of aliphatic hydroxyl groups excluding tert-OH is 1. The van der Waals surface area contributed by atoms with Gasteiger partial charge in [0.05, 0.1) is 34.4 Å². The van der Waals surface area contributed by atoms with Gasteiger partial charge in [0.2, 0.25) is 23.7 Å². The molecule has 77 heavy (non-hydrogen) atoms. The van der Waals surface area contributed by atoms with E-state index in [1.807, 2.05) is 69.6 Å². The van der Waals surface area contributed by atoms with E-state index in [4.69, 9.17) is 4.98 Å². The van der Waals surface area contributed by atoms with Gasteiger partial charge in [0.25, 0.3) is 5.56 Å². The summed E-state index contributed by atoms with van der Waals surface area (Å²) in [5.74, 6) is -0.0794. The topological polar surface area (TPSA) is 216 Å². The van der Waals surface area contributed by atoms with E-state index in [0.717, 1.165) is 111 Å². The number of aromatic nitrogens is 6. The summed E-state index contributed by atoms with van der Waals surface area (Å²) in [5, 5.41) is 30.9. The number of rotatable bonds is 23. The zero-order chi connectivity index (χ0) is 54.9. The van der Waals surface area contributed by atoms with Crippen molar-refractivity contribution in [3.05, 3.63) is 118 Å². The molecule has 2 aliphatic heterocycles. The largest absolute Gasteiger partial charge is 0.391 e. The zero-order valence-electron chi connectivity index (χ0n) is 45.5. The average Bonchev–Trinajstić information content (AvgIpc) is 4.10. The van der Waals surface area contributed by atoms with Crippen LogP contribution >= 0.6 is 11.3 Å². The van der Waals surface area contributed by atoms with Crippen LogP contribution < -0.4 is 26.4 Å². The molecule has 3 atom stereocenters. The molecule has 0 saturated carbocycles. The summed E-state index contributed by atoms with van der Waals surface area (Å²) in [6.45, 7) is 20.4. The van der Waals surface area contributed by atoms with Gasteiger partial charge < -0.3 is 36.0 Å². The molecule has 19 heteroatoms. The summed E-state index contributed by atoms with van der Waals surface area (Å²) in [7, 11) is 0. The number of carbonyl (C=O) groups is 3. The van der Waals surface area contributed by atoms with Crippen molar-refractivity contribution in [3.8, 4) is 16.3 Å². The highest BCUT2D eigenvalue weighted by atomic mass is 32.1. The van der Waals surface area contributed by atoms with Crippen LogP contribution in [-0.2, 0) is 33.1 Å². The number of thiazole rings is 1. The molecule has 2 fully saturated rings. The van der Waals surface area contributed by atoms with Crippen LogP contribution in [0.15, 0.2) is 95.9 Å². The van der Waals surface area contributed by atoms with Crippen LogP contribution in [0.5, 0.6) is 0 Å². The predicted octanol–water partition coefficient (Wildman–Crippen LogP) is 7.62. The Bertz CT molecular complexity index is 3040. The monoisotopic (exact) mass is 1070 g/mol. The number of benzene rings is 2. The van der Waals surface area contributed by atoms with Crippen LogP contribution in [0, 0.1) is 12.3 Å². The zero-order valence-corrected chi connectivity index (χ0v) is 46.3. The number of β-amino-alcohol motifs (C(OH)–C–C–N with tert-alkyl or cyclic N) is 1. The third-order valence-electron chi connectivity index (χ3n) is 14.5. The Hall–Kier alpha value is -6.80. The molecular weight excluding hydrogens is 993 g/mol. The molecule has 0 aliphatic carbocycles. The fourth-order valence-corrected chi connectivity index (χ4v) is 10.9. The third kappa shape index (κ3) is 14.2. The van der Waals surface area contributed by atoms with Crippen molar-refractivity contribution in [2.75, 3.05) is 49.5 Å². The van der Waals surface area contributed by atoms with E-state index in [1.165, 1.54) is 15.8 Å². The van der Waals surface area contributed by atoms with E-state index in [-0.39, 0.29) is 49.3 Å². The van der Waals surface area contributed by atoms with E-state index in [1.54, 1.807) is 54.1 Å². The number of aliphatic hydroxyl groups is 2. The SMILES string of the molecule is C=CCn1c(=O)c2cnc(Nc3ccc(N4CCN(CCCCCCCCCC(=O)N[C@H](C(=O)N5CC(O)CC5C(=O)NCc5ccc(-c6scnc6C)cc5)C(C)(C)C)CC4)cc3)nc2n1-c1cccc(C(C)(C)O)n1. The van der Waals surface area contributed by atoms with E-state index in [2.05, 4.69) is 59.4 Å². The normalized spacial score (nSPS) is 16.7. The molecule has 2 aliphatic rings. The number of likely N-dealkylation sites (tertiary alicyclic amines) is 1. The van der Waals surface area contributed by atoms with Gasteiger partial charge in [-0.15, -0.1) is 17.9 Å². The second-order valence-electron chi connectivity index (χ2n) is 22.0. The van der Waals surface area contributed by atoms with Crippen molar-refractivity contribution >= 4 is 57.4 Å². The molecule has 5 N–H and O–H groups in total. The first-order valence-corrected chi connectivity index (χ1v) is 27.9. The number of pyridine rings is 1. The van der Waals surface area contributed by atoms with Crippen LogP contribution in [0.25, 0.3) is 27.3 Å². The standard InChI is InChI=1S/C58H76N12O6S/c1-8-28-69-54(74)45-36-60-56(65-52(45)70(69)48-18-16-17-47(63-48)58(6,7)76)62-42-24-26-43(27-25-42)67-32-30-66(31-33-67)29-15-13-11-9-10-12-14-19-49(72)64-51(57(3,4)5)55(75)68-37-44(71)34-46(68)53(73)59-35-40-20-22-41(23-21-40)50-39(2)61-38-77-50/h8,16-18,20-27,36,38,44,46,51,71,76H,1,9-15,19,28-35,37H2,2-7H3,(H,59,73)(H,64,72)(H,60,62,65)/t44?,46?,51-/m1/s1. The van der Waals surface area contributed by atoms with Gasteiger partial charge in [0.15, 0.2) is 11.5 Å². The van der Waals surface area contributed by atoms with E-state index in [9.17, 15) is 29.4 Å². The highest BCUT2D eigenvalue weighted by Crippen LogP contribution is 2.30. The Morgan fingerprint density at radius 1 is 0.883 bits per heavy atom. The summed E-state index contributed by atoms with van der Waals surface area (Å²) in [5.41, 5.74) is 5.55. The minimum atomic E-state index is -1.18.